The highest BCUT2D eigenvalue weighted by Crippen LogP contribution is 2.52. The van der Waals surface area contributed by atoms with Crippen LogP contribution in [0, 0.1) is 23.2 Å². The van der Waals surface area contributed by atoms with Gasteiger partial charge in [0.1, 0.15) is 53.6 Å². The Kier molecular flexibility index (Phi) is 13.1. The van der Waals surface area contributed by atoms with E-state index in [9.17, 15) is 24.3 Å². The molecule has 2 saturated heterocycles. The summed E-state index contributed by atoms with van der Waals surface area (Å²) in [5.41, 5.74) is -0.408. The van der Waals surface area contributed by atoms with Crippen molar-refractivity contribution in [3.63, 3.8) is 0 Å². The lowest BCUT2D eigenvalue weighted by Gasteiger charge is -2.35. The SMILES string of the molecule is CC[C@@H]1C[C@]1(NC(=O)[C@@H]1C[C@@H](Oc2cc(-c3csc(NC(C)C)n3)nc3cc(OCCOC4CCCCO4)ccc23)CN1C(=O)[C@@H](NC(=O)O[C@@H]1C[C@@H]2C[C@@H]2C1)C(C)(C)C)C(=O)O. The van der Waals surface area contributed by atoms with E-state index in [0.29, 0.717) is 78.3 Å². The Balaban J connectivity index is 1.06. The summed E-state index contributed by atoms with van der Waals surface area (Å²) in [5.74, 6) is -0.144. The van der Waals surface area contributed by atoms with Crippen LogP contribution in [0.1, 0.15) is 99.3 Å². The maximum absolute atomic E-state index is 14.8. The van der Waals surface area contributed by atoms with Gasteiger partial charge in [0.2, 0.25) is 11.8 Å². The lowest BCUT2D eigenvalue weighted by Crippen LogP contribution is -2.59. The van der Waals surface area contributed by atoms with Crippen LogP contribution in [0.2, 0.25) is 0 Å². The lowest BCUT2D eigenvalue weighted by molar-refractivity contribution is -0.165. The summed E-state index contributed by atoms with van der Waals surface area (Å²) < 4.78 is 30.3. The van der Waals surface area contributed by atoms with Gasteiger partial charge in [0.15, 0.2) is 11.4 Å². The molecule has 63 heavy (non-hydrogen) atoms. The van der Waals surface area contributed by atoms with Crippen LogP contribution in [-0.4, -0.2) is 112 Å². The third-order valence-corrected chi connectivity index (χ3v) is 13.8. The molecule has 3 aliphatic carbocycles. The van der Waals surface area contributed by atoms with Crippen LogP contribution in [0.15, 0.2) is 29.6 Å². The second-order valence-electron chi connectivity index (χ2n) is 19.3. The normalized spacial score (nSPS) is 28.0. The topological polar surface area (TPSA) is 200 Å². The third-order valence-electron chi connectivity index (χ3n) is 13.0. The van der Waals surface area contributed by atoms with E-state index in [1.54, 1.807) is 0 Å². The van der Waals surface area contributed by atoms with Crippen LogP contribution in [0.25, 0.3) is 22.3 Å². The molecule has 2 aromatic heterocycles. The first-order valence-corrected chi connectivity index (χ1v) is 23.5. The quantitative estimate of drug-likeness (QED) is 0.104. The zero-order valence-electron chi connectivity index (χ0n) is 37.1. The van der Waals surface area contributed by atoms with Gasteiger partial charge < -0.3 is 49.6 Å². The van der Waals surface area contributed by atoms with Crippen molar-refractivity contribution in [2.75, 3.05) is 31.7 Å². The van der Waals surface area contributed by atoms with Crippen molar-refractivity contribution >= 4 is 51.2 Å². The number of aromatic nitrogens is 2. The van der Waals surface area contributed by atoms with E-state index in [1.807, 2.05) is 71.2 Å². The number of carboxylic acid groups (broad SMARTS) is 1. The highest BCUT2D eigenvalue weighted by molar-refractivity contribution is 7.14. The second kappa shape index (κ2) is 18.4. The molecule has 0 radical (unpaired) electrons. The number of rotatable bonds is 17. The summed E-state index contributed by atoms with van der Waals surface area (Å²) >= 11 is 1.46. The van der Waals surface area contributed by atoms with Gasteiger partial charge in [0.25, 0.3) is 0 Å². The fraction of sp³-hybridized carbons (Fsp3) is 0.652. The third kappa shape index (κ3) is 10.3. The first-order valence-electron chi connectivity index (χ1n) is 22.6. The summed E-state index contributed by atoms with van der Waals surface area (Å²) in [4.78, 5) is 66.2. The first kappa shape index (κ1) is 44.9. The van der Waals surface area contributed by atoms with Crippen LogP contribution in [-0.2, 0) is 28.6 Å². The molecule has 3 amide bonds. The predicted molar refractivity (Wildman–Crippen MR) is 236 cm³/mol. The first-order chi connectivity index (χ1) is 30.1. The minimum Gasteiger partial charge on any atom is -0.491 e. The van der Waals surface area contributed by atoms with E-state index in [-0.39, 0.29) is 37.3 Å². The van der Waals surface area contributed by atoms with Crippen molar-refractivity contribution in [1.82, 2.24) is 25.5 Å². The number of carbonyl (C=O) groups is 4. The molecular formula is C46H62N6O10S. The number of benzene rings is 1. The number of alkyl carbamates (subject to hydrolysis) is 1. The summed E-state index contributed by atoms with van der Waals surface area (Å²) in [7, 11) is 0. The molecule has 5 fully saturated rings. The fourth-order valence-electron chi connectivity index (χ4n) is 9.40. The van der Waals surface area contributed by atoms with Gasteiger partial charge in [0, 0.05) is 42.0 Å². The number of amides is 3. The molecular weight excluding hydrogens is 829 g/mol. The van der Waals surface area contributed by atoms with E-state index >= 15 is 0 Å². The van der Waals surface area contributed by atoms with E-state index < -0.39 is 53.0 Å². The molecule has 1 aromatic carbocycles. The number of aliphatic carboxylic acids is 1. The standard InChI is InChI=1S/C46H62N6O10S/c1-7-28-22-46(28,42(55)56)51-40(53)36-20-31(23-52(36)41(54)39(45(4,5)6)50-44(57)62-30-17-26-16-27(26)18-30)61-37-21-34(35-24-63-43(49-35)47-25(2)3)48-33-19-29(11-12-32(33)37)58-14-15-60-38-10-8-9-13-59-38/h11-12,19,21,24-28,30-31,36,38-39H,7-10,13-18,20,22-23H2,1-6H3,(H,47,49)(H,50,57)(H,51,53)(H,55,56)/t26-,27+,28-,30+,31-,36+,38?,39-,46-/m1/s1. The number of thiazole rings is 1. The molecule has 5 aliphatic rings. The smallest absolute Gasteiger partial charge is 0.408 e. The molecule has 4 N–H and O–H groups in total. The number of ether oxygens (including phenoxy) is 5. The number of nitrogens with one attached hydrogen (secondary N) is 3. The van der Waals surface area contributed by atoms with Crippen LogP contribution in [0.3, 0.4) is 0 Å². The summed E-state index contributed by atoms with van der Waals surface area (Å²) in [5, 5.41) is 22.6. The average Bonchev–Trinajstić information content (AvgIpc) is 3.91. The fourth-order valence-corrected chi connectivity index (χ4v) is 10.3. The summed E-state index contributed by atoms with van der Waals surface area (Å²) in [6, 6.07) is 5.38. The van der Waals surface area contributed by atoms with Gasteiger partial charge in [-0.1, -0.05) is 34.1 Å². The van der Waals surface area contributed by atoms with Crippen molar-refractivity contribution in [3.05, 3.63) is 29.6 Å². The molecule has 4 heterocycles. The Bertz CT molecular complexity index is 2160. The van der Waals surface area contributed by atoms with Crippen LogP contribution < -0.4 is 25.4 Å². The van der Waals surface area contributed by atoms with Crippen LogP contribution in [0.5, 0.6) is 11.5 Å². The molecule has 0 spiro atoms. The number of hydrogen-bond donors (Lipinski definition) is 4. The van der Waals surface area contributed by atoms with Gasteiger partial charge in [0.05, 0.1) is 24.4 Å². The molecule has 16 nitrogen and oxygen atoms in total. The van der Waals surface area contributed by atoms with Crippen molar-refractivity contribution in [3.8, 4) is 22.9 Å². The second-order valence-corrected chi connectivity index (χ2v) is 20.1. The van der Waals surface area contributed by atoms with Gasteiger partial charge in [-0.2, -0.15) is 0 Å². The molecule has 342 valence electrons. The van der Waals surface area contributed by atoms with Gasteiger partial charge in [-0.15, -0.1) is 11.3 Å². The maximum Gasteiger partial charge on any atom is 0.408 e. The van der Waals surface area contributed by atoms with E-state index in [0.717, 1.165) is 37.2 Å². The van der Waals surface area contributed by atoms with Crippen LogP contribution in [0.4, 0.5) is 9.93 Å². The molecule has 3 aromatic rings. The largest absolute Gasteiger partial charge is 0.491 e. The van der Waals surface area contributed by atoms with Crippen molar-refractivity contribution in [2.45, 2.75) is 141 Å². The van der Waals surface area contributed by atoms with Crippen LogP contribution >= 0.6 is 11.3 Å². The van der Waals surface area contributed by atoms with Gasteiger partial charge in [-0.25, -0.2) is 19.6 Å². The molecule has 0 bridgehead atoms. The van der Waals surface area contributed by atoms with Gasteiger partial charge >= 0.3 is 12.1 Å². The lowest BCUT2D eigenvalue weighted by atomic mass is 9.85. The Hall–Kier alpha value is -4.74. The molecule has 9 atom stereocenters. The predicted octanol–water partition coefficient (Wildman–Crippen LogP) is 6.76. The zero-order valence-corrected chi connectivity index (χ0v) is 38.0. The average molecular weight is 891 g/mol. The highest BCUT2D eigenvalue weighted by atomic mass is 32.1. The van der Waals surface area contributed by atoms with Crippen molar-refractivity contribution in [1.29, 1.82) is 0 Å². The van der Waals surface area contributed by atoms with Gasteiger partial charge in [-0.3, -0.25) is 9.59 Å². The van der Waals surface area contributed by atoms with Gasteiger partial charge in [-0.05, 0) is 94.1 Å². The molecule has 17 heteroatoms. The van der Waals surface area contributed by atoms with Crippen molar-refractivity contribution < 1.29 is 48.0 Å². The molecule has 3 saturated carbocycles. The molecule has 8 rings (SSSR count). The Morgan fingerprint density at radius 3 is 2.49 bits per heavy atom. The number of pyridine rings is 1. The highest BCUT2D eigenvalue weighted by Gasteiger charge is 2.61. The zero-order chi connectivity index (χ0) is 44.6. The Morgan fingerprint density at radius 2 is 1.81 bits per heavy atom. The minimum absolute atomic E-state index is 0.00625. The van der Waals surface area contributed by atoms with Crippen molar-refractivity contribution in [2.24, 2.45) is 23.2 Å². The Morgan fingerprint density at radius 1 is 1.02 bits per heavy atom. The molecule has 2 aliphatic heterocycles. The van der Waals surface area contributed by atoms with E-state index in [1.165, 1.54) is 22.7 Å². The number of nitrogens with zero attached hydrogens (tertiary/aromatic N) is 3. The number of anilines is 1. The molecule has 1 unspecified atom stereocenters. The maximum atomic E-state index is 14.8. The summed E-state index contributed by atoms with van der Waals surface area (Å²) in [6.45, 7) is 12.9. The Labute approximate surface area is 372 Å². The monoisotopic (exact) mass is 890 g/mol. The minimum atomic E-state index is -1.41. The number of carboxylic acids is 1. The van der Waals surface area contributed by atoms with E-state index in [4.69, 9.17) is 33.7 Å². The number of fused-ring (bicyclic) bond motifs is 2. The number of carbonyl (C=O) groups excluding carboxylic acids is 3. The number of likely N-dealkylation sites (tertiary alicyclic amines) is 1. The van der Waals surface area contributed by atoms with E-state index in [2.05, 4.69) is 16.0 Å². The summed E-state index contributed by atoms with van der Waals surface area (Å²) in [6.07, 6.45) is 4.97. The number of hydrogen-bond acceptors (Lipinski definition) is 13.